The van der Waals surface area contributed by atoms with E-state index in [-0.39, 0.29) is 11.7 Å². The Hall–Kier alpha value is -1.76. The molecule has 0 fully saturated rings. The van der Waals surface area contributed by atoms with Crippen LogP contribution in [0.3, 0.4) is 0 Å². The van der Waals surface area contributed by atoms with E-state index in [1.165, 1.54) is 6.07 Å². The molecule has 1 aromatic carbocycles. The van der Waals surface area contributed by atoms with Gasteiger partial charge in [-0.1, -0.05) is 40.5 Å². The van der Waals surface area contributed by atoms with Crippen molar-refractivity contribution < 1.29 is 10.0 Å². The van der Waals surface area contributed by atoms with Gasteiger partial charge in [-0.3, -0.25) is 4.79 Å². The molecule has 4 N–H and O–H groups in total. The Morgan fingerprint density at radius 3 is 2.52 bits per heavy atom. The molecule has 0 saturated carbocycles. The number of rotatable bonds is 4. The molecule has 0 aliphatic carbocycles. The number of thiophene rings is 1. The van der Waals surface area contributed by atoms with Crippen LogP contribution < -0.4 is 11.1 Å². The average Bonchev–Trinajstić information content (AvgIpc) is 2.80. The van der Waals surface area contributed by atoms with Gasteiger partial charge in [-0.25, -0.2) is 0 Å². The Labute approximate surface area is 135 Å². The first-order valence-corrected chi connectivity index (χ1v) is 7.38. The van der Waals surface area contributed by atoms with Crippen molar-refractivity contribution in [2.75, 3.05) is 5.32 Å². The summed E-state index contributed by atoms with van der Waals surface area (Å²) in [5.74, 6) is -0.209. The third-order valence-electron chi connectivity index (χ3n) is 2.63. The van der Waals surface area contributed by atoms with Gasteiger partial charge in [0.25, 0.3) is 5.91 Å². The number of amidine groups is 1. The fourth-order valence-corrected chi connectivity index (χ4v) is 3.10. The predicted octanol–water partition coefficient (Wildman–Crippen LogP) is 3.60. The van der Waals surface area contributed by atoms with Crippen molar-refractivity contribution in [3.05, 3.63) is 50.1 Å². The molecule has 0 aliphatic heterocycles. The lowest BCUT2D eigenvalue weighted by Gasteiger charge is -2.06. The maximum atomic E-state index is 12.0. The van der Waals surface area contributed by atoms with E-state index >= 15 is 0 Å². The van der Waals surface area contributed by atoms with Gasteiger partial charge >= 0.3 is 0 Å². The molecule has 0 radical (unpaired) electrons. The lowest BCUT2D eigenvalue weighted by Crippen LogP contribution is -2.15. The highest BCUT2D eigenvalue weighted by atomic mass is 35.5. The van der Waals surface area contributed by atoms with E-state index in [1.54, 1.807) is 24.3 Å². The highest BCUT2D eigenvalue weighted by Gasteiger charge is 2.14. The average molecular weight is 344 g/mol. The highest BCUT2D eigenvalue weighted by molar-refractivity contribution is 7.20. The number of halogens is 2. The Morgan fingerprint density at radius 1 is 1.33 bits per heavy atom. The summed E-state index contributed by atoms with van der Waals surface area (Å²) in [6.07, 6.45) is 0.330. The van der Waals surface area contributed by atoms with Crippen molar-refractivity contribution in [2.24, 2.45) is 10.9 Å². The fraction of sp³-hybridized carbons (Fsp3) is 0.0769. The van der Waals surface area contributed by atoms with Crippen LogP contribution in [-0.2, 0) is 6.42 Å². The molecule has 5 nitrogen and oxygen atoms in total. The van der Waals surface area contributed by atoms with Crippen LogP contribution in [0, 0.1) is 0 Å². The number of hydrogen-bond acceptors (Lipinski definition) is 4. The standard InChI is InChI=1S/C13H11Cl2N3O2S/c14-10-6-9(12(15)21-10)13(19)17-8-3-1-7(2-4-8)5-11(16)18-20/h1-4,6,20H,5H2,(H2,16,18)(H,17,19). The predicted molar refractivity (Wildman–Crippen MR) is 85.8 cm³/mol. The summed E-state index contributed by atoms with van der Waals surface area (Å²) < 4.78 is 0.806. The molecule has 21 heavy (non-hydrogen) atoms. The fourth-order valence-electron chi connectivity index (χ4n) is 1.64. The summed E-state index contributed by atoms with van der Waals surface area (Å²) in [4.78, 5) is 12.0. The van der Waals surface area contributed by atoms with E-state index in [9.17, 15) is 4.79 Å². The van der Waals surface area contributed by atoms with Crippen molar-refractivity contribution in [3.63, 3.8) is 0 Å². The van der Waals surface area contributed by atoms with Crippen LogP contribution in [0.1, 0.15) is 15.9 Å². The number of nitrogens with two attached hydrogens (primary N) is 1. The maximum Gasteiger partial charge on any atom is 0.258 e. The Kier molecular flexibility index (Phi) is 5.06. The lowest BCUT2D eigenvalue weighted by atomic mass is 10.1. The second-order valence-electron chi connectivity index (χ2n) is 4.16. The number of benzene rings is 1. The van der Waals surface area contributed by atoms with E-state index < -0.39 is 0 Å². The SMILES string of the molecule is N/C(Cc1ccc(NC(=O)c2cc(Cl)sc2Cl)cc1)=N/O. The van der Waals surface area contributed by atoms with Crippen molar-refractivity contribution in [3.8, 4) is 0 Å². The summed E-state index contributed by atoms with van der Waals surface area (Å²) in [6.45, 7) is 0. The summed E-state index contributed by atoms with van der Waals surface area (Å²) >= 11 is 12.9. The molecule has 0 bridgehead atoms. The zero-order chi connectivity index (χ0) is 15.4. The molecule has 1 aromatic heterocycles. The number of oxime groups is 1. The largest absolute Gasteiger partial charge is 0.409 e. The molecule has 2 aromatic rings. The minimum atomic E-state index is -0.327. The summed E-state index contributed by atoms with van der Waals surface area (Å²) in [6, 6.07) is 8.52. The van der Waals surface area contributed by atoms with E-state index in [2.05, 4.69) is 10.5 Å². The first-order chi connectivity index (χ1) is 9.99. The molecule has 1 heterocycles. The molecular formula is C13H11Cl2N3O2S. The van der Waals surface area contributed by atoms with Gasteiger partial charge < -0.3 is 16.3 Å². The van der Waals surface area contributed by atoms with Crippen LogP contribution >= 0.6 is 34.5 Å². The van der Waals surface area contributed by atoms with Crippen LogP contribution in [0.15, 0.2) is 35.5 Å². The third-order valence-corrected chi connectivity index (χ3v) is 4.11. The lowest BCUT2D eigenvalue weighted by molar-refractivity contribution is 0.102. The second kappa shape index (κ2) is 6.80. The van der Waals surface area contributed by atoms with Crippen LogP contribution in [0.25, 0.3) is 0 Å². The molecule has 0 aliphatic rings. The minimum absolute atomic E-state index is 0.117. The topological polar surface area (TPSA) is 87.7 Å². The summed E-state index contributed by atoms with van der Waals surface area (Å²) in [5.41, 5.74) is 7.24. The van der Waals surface area contributed by atoms with Gasteiger partial charge in [0.15, 0.2) is 0 Å². The number of carbonyl (C=O) groups excluding carboxylic acids is 1. The molecule has 1 amide bonds. The van der Waals surface area contributed by atoms with Crippen LogP contribution in [-0.4, -0.2) is 17.0 Å². The van der Waals surface area contributed by atoms with Gasteiger partial charge in [0, 0.05) is 12.1 Å². The van der Waals surface area contributed by atoms with Gasteiger partial charge in [-0.15, -0.1) is 11.3 Å². The van der Waals surface area contributed by atoms with Crippen molar-refractivity contribution in [1.29, 1.82) is 0 Å². The van der Waals surface area contributed by atoms with Gasteiger partial charge in [0.05, 0.1) is 9.90 Å². The third kappa shape index (κ3) is 4.10. The monoisotopic (exact) mass is 343 g/mol. The quantitative estimate of drug-likeness (QED) is 0.343. The zero-order valence-electron chi connectivity index (χ0n) is 10.6. The van der Waals surface area contributed by atoms with Crippen LogP contribution in [0.2, 0.25) is 8.67 Å². The van der Waals surface area contributed by atoms with Crippen LogP contribution in [0.5, 0.6) is 0 Å². The normalized spacial score (nSPS) is 11.4. The van der Waals surface area contributed by atoms with E-state index in [0.29, 0.717) is 26.3 Å². The Bertz CT molecular complexity index is 683. The van der Waals surface area contributed by atoms with Crippen molar-refractivity contribution in [1.82, 2.24) is 0 Å². The number of amides is 1. The first kappa shape index (κ1) is 15.6. The summed E-state index contributed by atoms with van der Waals surface area (Å²) in [7, 11) is 0. The molecule has 8 heteroatoms. The number of carbonyl (C=O) groups is 1. The molecule has 0 saturated heterocycles. The molecule has 110 valence electrons. The number of hydrogen-bond donors (Lipinski definition) is 3. The highest BCUT2D eigenvalue weighted by Crippen LogP contribution is 2.31. The van der Waals surface area contributed by atoms with Gasteiger partial charge in [-0.2, -0.15) is 0 Å². The molecule has 2 rings (SSSR count). The van der Waals surface area contributed by atoms with E-state index in [4.69, 9.17) is 34.1 Å². The second-order valence-corrected chi connectivity index (χ2v) is 6.44. The first-order valence-electron chi connectivity index (χ1n) is 5.81. The molecular weight excluding hydrogens is 333 g/mol. The smallest absolute Gasteiger partial charge is 0.258 e. The van der Waals surface area contributed by atoms with Crippen LogP contribution in [0.4, 0.5) is 5.69 Å². The summed E-state index contributed by atoms with van der Waals surface area (Å²) in [5, 5.41) is 14.1. The van der Waals surface area contributed by atoms with E-state index in [0.717, 1.165) is 16.9 Å². The van der Waals surface area contributed by atoms with Gasteiger partial charge in [0.1, 0.15) is 10.2 Å². The van der Waals surface area contributed by atoms with Crippen molar-refractivity contribution >= 4 is 52.0 Å². The zero-order valence-corrected chi connectivity index (χ0v) is 13.0. The molecule has 0 unspecified atom stereocenters. The Balaban J connectivity index is 2.06. The number of anilines is 1. The van der Waals surface area contributed by atoms with Crippen molar-refractivity contribution in [2.45, 2.75) is 6.42 Å². The van der Waals surface area contributed by atoms with Gasteiger partial charge in [0.2, 0.25) is 0 Å². The van der Waals surface area contributed by atoms with Gasteiger partial charge in [-0.05, 0) is 23.8 Å². The maximum absolute atomic E-state index is 12.0. The Morgan fingerprint density at radius 2 is 2.00 bits per heavy atom. The number of nitrogens with zero attached hydrogens (tertiary/aromatic N) is 1. The minimum Gasteiger partial charge on any atom is -0.409 e. The molecule has 0 spiro atoms. The molecule has 0 atom stereocenters. The van der Waals surface area contributed by atoms with E-state index in [1.807, 2.05) is 0 Å². The number of nitrogens with one attached hydrogen (secondary N) is 1.